The predicted molar refractivity (Wildman–Crippen MR) is 116 cm³/mol. The quantitative estimate of drug-likeness (QED) is 0.530. The molecule has 1 aliphatic rings. The third kappa shape index (κ3) is 4.77. The summed E-state index contributed by atoms with van der Waals surface area (Å²) in [5.74, 6) is 0.709. The van der Waals surface area contributed by atoms with Crippen molar-refractivity contribution in [2.75, 3.05) is 23.8 Å². The maximum atomic E-state index is 12.4. The zero-order valence-corrected chi connectivity index (χ0v) is 17.9. The highest BCUT2D eigenvalue weighted by Crippen LogP contribution is 2.38. The molecule has 0 radical (unpaired) electrons. The molecule has 9 heteroatoms. The number of rotatable bonds is 5. The number of halogens is 2. The first-order chi connectivity index (χ1) is 14.5. The molecule has 154 valence electrons. The van der Waals surface area contributed by atoms with Crippen molar-refractivity contribution in [1.29, 1.82) is 0 Å². The summed E-state index contributed by atoms with van der Waals surface area (Å²) in [6.07, 6.45) is 0.143. The molecule has 0 unspecified atom stereocenters. The average molecular weight is 492 g/mol. The lowest BCUT2D eigenvalue weighted by Crippen LogP contribution is -2.17. The third-order valence-electron chi connectivity index (χ3n) is 4.28. The molecule has 0 aliphatic carbocycles. The Labute approximate surface area is 185 Å². The van der Waals surface area contributed by atoms with Gasteiger partial charge in [-0.05, 0) is 45.8 Å². The van der Waals surface area contributed by atoms with E-state index in [4.69, 9.17) is 25.5 Å². The smallest absolute Gasteiger partial charge is 0.291 e. The first-order valence-corrected chi connectivity index (χ1v) is 10.2. The molecule has 0 atom stereocenters. The second kappa shape index (κ2) is 8.81. The van der Waals surface area contributed by atoms with E-state index < -0.39 is 0 Å². The van der Waals surface area contributed by atoms with Crippen LogP contribution in [-0.4, -0.2) is 25.0 Å². The third-order valence-corrected chi connectivity index (χ3v) is 5.02. The summed E-state index contributed by atoms with van der Waals surface area (Å²) in [6.45, 7) is 0.909. The number of hydrogen-bond donors (Lipinski definition) is 2. The zero-order chi connectivity index (χ0) is 21.1. The molecule has 3 aromatic rings. The summed E-state index contributed by atoms with van der Waals surface area (Å²) >= 11 is 9.39. The van der Waals surface area contributed by atoms with E-state index in [9.17, 15) is 9.59 Å². The Balaban J connectivity index is 1.36. The number of carbonyl (C=O) groups excluding carboxylic acids is 2. The van der Waals surface area contributed by atoms with Crippen LogP contribution in [0.4, 0.5) is 11.4 Å². The highest BCUT2D eigenvalue weighted by molar-refractivity contribution is 9.10. The number of benzene rings is 2. The maximum absolute atomic E-state index is 12.4. The van der Waals surface area contributed by atoms with Gasteiger partial charge in [0, 0.05) is 17.8 Å². The van der Waals surface area contributed by atoms with E-state index in [2.05, 4.69) is 26.6 Å². The van der Waals surface area contributed by atoms with Gasteiger partial charge in [-0.1, -0.05) is 23.7 Å². The van der Waals surface area contributed by atoms with Gasteiger partial charge in [0.25, 0.3) is 5.91 Å². The zero-order valence-electron chi connectivity index (χ0n) is 15.5. The van der Waals surface area contributed by atoms with E-state index in [-0.39, 0.29) is 24.0 Å². The molecule has 30 heavy (non-hydrogen) atoms. The van der Waals surface area contributed by atoms with Crippen molar-refractivity contribution < 1.29 is 23.5 Å². The molecule has 2 amide bonds. The van der Waals surface area contributed by atoms with Gasteiger partial charge in [-0.15, -0.1) is 0 Å². The number of fused-ring (bicyclic) bond motifs is 1. The first kappa shape index (κ1) is 20.3. The molecular formula is C21H16BrClN2O5. The lowest BCUT2D eigenvalue weighted by molar-refractivity contribution is -0.115. The summed E-state index contributed by atoms with van der Waals surface area (Å²) in [7, 11) is 0. The van der Waals surface area contributed by atoms with Crippen molar-refractivity contribution in [2.24, 2.45) is 0 Å². The molecule has 1 aromatic heterocycles. The predicted octanol–water partition coefficient (Wildman–Crippen LogP) is 4.90. The molecule has 2 heterocycles. The first-order valence-electron chi connectivity index (χ1n) is 9.02. The van der Waals surface area contributed by atoms with Gasteiger partial charge in [-0.2, -0.15) is 0 Å². The monoisotopic (exact) mass is 490 g/mol. The molecule has 0 fully saturated rings. The van der Waals surface area contributed by atoms with Crippen LogP contribution < -0.4 is 20.1 Å². The number of amides is 2. The minimum absolute atomic E-state index is 0.143. The molecular weight excluding hydrogens is 476 g/mol. The van der Waals surface area contributed by atoms with Gasteiger partial charge in [-0.3, -0.25) is 9.59 Å². The fourth-order valence-electron chi connectivity index (χ4n) is 2.87. The Hall–Kier alpha value is -2.97. The molecule has 1 aliphatic heterocycles. The normalized spacial score (nSPS) is 12.3. The molecule has 7 nitrogen and oxygen atoms in total. The van der Waals surface area contributed by atoms with Gasteiger partial charge in [0.05, 0.1) is 17.1 Å². The number of anilines is 2. The van der Waals surface area contributed by atoms with Crippen LogP contribution in [-0.2, 0) is 11.2 Å². The molecule has 2 N–H and O–H groups in total. The second-order valence-corrected chi connectivity index (χ2v) is 7.64. The van der Waals surface area contributed by atoms with Crippen LogP contribution in [0.2, 0.25) is 5.02 Å². The highest BCUT2D eigenvalue weighted by Gasteiger charge is 2.17. The Bertz CT molecular complexity index is 1100. The number of carbonyl (C=O) groups is 2. The Morgan fingerprint density at radius 3 is 2.33 bits per heavy atom. The fraction of sp³-hybridized carbons (Fsp3) is 0.143. The van der Waals surface area contributed by atoms with Crippen molar-refractivity contribution >= 4 is 50.7 Å². The SMILES string of the molecule is O=C(Cc1ccc(NC(=O)c2ccc(Br)o2)cc1)Nc1cc2c(cc1Cl)OCCO2. The van der Waals surface area contributed by atoms with E-state index in [0.717, 1.165) is 5.56 Å². The minimum Gasteiger partial charge on any atom is -0.486 e. The number of ether oxygens (including phenoxy) is 2. The van der Waals surface area contributed by atoms with Gasteiger partial charge >= 0.3 is 0 Å². The standard InChI is InChI=1S/C21H16BrClN2O5/c22-19-6-5-16(30-19)21(27)24-13-3-1-12(2-4-13)9-20(26)25-15-11-18-17(10-14(15)23)28-7-8-29-18/h1-6,10-11H,7-9H2,(H,24,27)(H,25,26). The number of furan rings is 1. The van der Waals surface area contributed by atoms with Crippen LogP contribution in [0.25, 0.3) is 0 Å². The van der Waals surface area contributed by atoms with Crippen molar-refractivity contribution in [2.45, 2.75) is 6.42 Å². The largest absolute Gasteiger partial charge is 0.486 e. The van der Waals surface area contributed by atoms with Gasteiger partial charge in [0.1, 0.15) is 13.2 Å². The topological polar surface area (TPSA) is 89.8 Å². The lowest BCUT2D eigenvalue weighted by atomic mass is 10.1. The maximum Gasteiger partial charge on any atom is 0.291 e. The van der Waals surface area contributed by atoms with Crippen LogP contribution in [0.3, 0.4) is 0 Å². The van der Waals surface area contributed by atoms with Crippen molar-refractivity contribution in [3.8, 4) is 11.5 Å². The molecule has 2 aromatic carbocycles. The summed E-state index contributed by atoms with van der Waals surface area (Å²) in [5, 5.41) is 5.89. The summed E-state index contributed by atoms with van der Waals surface area (Å²) < 4.78 is 16.7. The van der Waals surface area contributed by atoms with Gasteiger partial charge in [0.2, 0.25) is 5.91 Å². The second-order valence-electron chi connectivity index (χ2n) is 6.46. The van der Waals surface area contributed by atoms with Crippen molar-refractivity contribution in [1.82, 2.24) is 0 Å². The van der Waals surface area contributed by atoms with E-state index in [1.165, 1.54) is 0 Å². The molecule has 4 rings (SSSR count). The Morgan fingerprint density at radius 2 is 1.67 bits per heavy atom. The Kier molecular flexibility index (Phi) is 5.96. The molecule has 0 saturated heterocycles. The van der Waals surface area contributed by atoms with Crippen LogP contribution in [0.15, 0.2) is 57.6 Å². The van der Waals surface area contributed by atoms with Crippen LogP contribution in [0.1, 0.15) is 16.1 Å². The number of nitrogens with one attached hydrogen (secondary N) is 2. The van der Waals surface area contributed by atoms with Crippen molar-refractivity contribution in [3.05, 3.63) is 69.5 Å². The molecule has 0 spiro atoms. The van der Waals surface area contributed by atoms with E-state index in [1.54, 1.807) is 48.5 Å². The molecule has 0 saturated carbocycles. The van der Waals surface area contributed by atoms with E-state index in [0.29, 0.717) is 45.8 Å². The van der Waals surface area contributed by atoms with Gasteiger partial charge in [0.15, 0.2) is 21.9 Å². The van der Waals surface area contributed by atoms with E-state index in [1.807, 2.05) is 0 Å². The van der Waals surface area contributed by atoms with Crippen LogP contribution >= 0.6 is 27.5 Å². The Morgan fingerprint density at radius 1 is 0.967 bits per heavy atom. The minimum atomic E-state index is -0.362. The van der Waals surface area contributed by atoms with Gasteiger partial charge < -0.3 is 24.5 Å². The van der Waals surface area contributed by atoms with Crippen LogP contribution in [0, 0.1) is 0 Å². The highest BCUT2D eigenvalue weighted by atomic mass is 79.9. The number of hydrogen-bond acceptors (Lipinski definition) is 5. The molecule has 0 bridgehead atoms. The van der Waals surface area contributed by atoms with Crippen molar-refractivity contribution in [3.63, 3.8) is 0 Å². The summed E-state index contributed by atoms with van der Waals surface area (Å²) in [6, 6.07) is 13.5. The summed E-state index contributed by atoms with van der Waals surface area (Å²) in [5.41, 5.74) is 1.82. The van der Waals surface area contributed by atoms with Gasteiger partial charge in [-0.25, -0.2) is 0 Å². The van der Waals surface area contributed by atoms with E-state index >= 15 is 0 Å². The fourth-order valence-corrected chi connectivity index (χ4v) is 3.38. The van der Waals surface area contributed by atoms with Crippen LogP contribution in [0.5, 0.6) is 11.5 Å². The lowest BCUT2D eigenvalue weighted by Gasteiger charge is -2.20. The average Bonchev–Trinajstić information content (AvgIpc) is 3.16. The summed E-state index contributed by atoms with van der Waals surface area (Å²) in [4.78, 5) is 24.5.